The Morgan fingerprint density at radius 3 is 2.94 bits per heavy atom. The molecule has 0 amide bonds. The van der Waals surface area contributed by atoms with Gasteiger partial charge in [0.05, 0.1) is 5.52 Å². The van der Waals surface area contributed by atoms with Crippen molar-refractivity contribution in [1.82, 2.24) is 20.0 Å². The van der Waals surface area contributed by atoms with Crippen LogP contribution in [0.2, 0.25) is 0 Å². The minimum Gasteiger partial charge on any atom is -0.478 e. The lowest BCUT2D eigenvalue weighted by Gasteiger charge is -2.02. The molecule has 0 unspecified atom stereocenters. The number of carboxylic acid groups (broad SMARTS) is 1. The predicted molar refractivity (Wildman–Crippen MR) is 55.2 cm³/mol. The zero-order valence-electron chi connectivity index (χ0n) is 8.33. The van der Waals surface area contributed by atoms with Crippen molar-refractivity contribution in [3.8, 4) is 0 Å². The van der Waals surface area contributed by atoms with Crippen molar-refractivity contribution in [2.75, 3.05) is 0 Å². The molecule has 0 atom stereocenters. The molecule has 0 saturated heterocycles. The van der Waals surface area contributed by atoms with Crippen molar-refractivity contribution in [3.63, 3.8) is 0 Å². The van der Waals surface area contributed by atoms with E-state index in [1.54, 1.807) is 0 Å². The molecule has 0 aliphatic carbocycles. The van der Waals surface area contributed by atoms with E-state index in [-0.39, 0.29) is 11.2 Å². The van der Waals surface area contributed by atoms with Gasteiger partial charge in [0.15, 0.2) is 5.65 Å². The normalized spacial score (nSPS) is 11.1. The predicted octanol–water partition coefficient (Wildman–Crippen LogP) is 1.11. The molecular weight excluding hydrogens is 227 g/mol. The van der Waals surface area contributed by atoms with Crippen LogP contribution >= 0.6 is 0 Å². The molecule has 2 heterocycles. The summed E-state index contributed by atoms with van der Waals surface area (Å²) in [5.41, 5.74) is 0.500. The standard InChI is InChI=1S/C10H5FN4O2/c11-6-2-1-5-3-7(10(16)17)9-12-13-14-15(9)8(5)4-6/h1-4H,(H,16,17). The Balaban J connectivity index is 2.55. The largest absolute Gasteiger partial charge is 0.478 e. The number of hydrogen-bond donors (Lipinski definition) is 1. The molecular formula is C10H5FN4O2. The molecule has 0 aliphatic rings. The molecule has 7 heteroatoms. The average Bonchev–Trinajstić information content (AvgIpc) is 2.76. The summed E-state index contributed by atoms with van der Waals surface area (Å²) in [7, 11) is 0. The first-order valence-corrected chi connectivity index (χ1v) is 4.70. The fourth-order valence-corrected chi connectivity index (χ4v) is 1.72. The minimum atomic E-state index is -1.13. The maximum Gasteiger partial charge on any atom is 0.339 e. The Labute approximate surface area is 93.3 Å². The third kappa shape index (κ3) is 1.32. The van der Waals surface area contributed by atoms with Crippen molar-refractivity contribution in [1.29, 1.82) is 0 Å². The van der Waals surface area contributed by atoms with E-state index in [4.69, 9.17) is 5.11 Å². The van der Waals surface area contributed by atoms with Crippen LogP contribution in [-0.4, -0.2) is 31.1 Å². The molecule has 0 bridgehead atoms. The van der Waals surface area contributed by atoms with Crippen LogP contribution in [0.5, 0.6) is 0 Å². The summed E-state index contributed by atoms with van der Waals surface area (Å²) in [6.07, 6.45) is 0. The SMILES string of the molecule is O=C(O)c1cc2ccc(F)cc2n2nnnc12. The lowest BCUT2D eigenvalue weighted by molar-refractivity contribution is 0.0698. The second-order valence-electron chi connectivity index (χ2n) is 3.48. The number of carbonyl (C=O) groups is 1. The number of tetrazole rings is 1. The molecule has 3 rings (SSSR count). The summed E-state index contributed by atoms with van der Waals surface area (Å²) >= 11 is 0. The molecule has 1 aromatic carbocycles. The second kappa shape index (κ2) is 3.21. The molecule has 2 aromatic heterocycles. The summed E-state index contributed by atoms with van der Waals surface area (Å²) < 4.78 is 14.3. The van der Waals surface area contributed by atoms with Gasteiger partial charge < -0.3 is 5.11 Å². The fourth-order valence-electron chi connectivity index (χ4n) is 1.72. The van der Waals surface area contributed by atoms with Crippen LogP contribution in [0.15, 0.2) is 24.3 Å². The molecule has 17 heavy (non-hydrogen) atoms. The van der Waals surface area contributed by atoms with E-state index in [1.807, 2.05) is 0 Å². The van der Waals surface area contributed by atoms with Gasteiger partial charge in [0.2, 0.25) is 0 Å². The number of pyridine rings is 1. The zero-order chi connectivity index (χ0) is 12.0. The third-order valence-corrected chi connectivity index (χ3v) is 2.46. The number of aromatic carboxylic acids is 1. The Bertz CT molecular complexity index is 752. The van der Waals surface area contributed by atoms with Crippen LogP contribution in [0, 0.1) is 5.82 Å². The van der Waals surface area contributed by atoms with E-state index < -0.39 is 11.8 Å². The van der Waals surface area contributed by atoms with Gasteiger partial charge in [-0.1, -0.05) is 0 Å². The van der Waals surface area contributed by atoms with Gasteiger partial charge in [-0.25, -0.2) is 9.18 Å². The van der Waals surface area contributed by atoms with Crippen LogP contribution in [0.1, 0.15) is 10.4 Å². The maximum absolute atomic E-state index is 13.1. The highest BCUT2D eigenvalue weighted by molar-refractivity contribution is 5.99. The second-order valence-corrected chi connectivity index (χ2v) is 3.48. The summed E-state index contributed by atoms with van der Waals surface area (Å²) in [6.45, 7) is 0. The van der Waals surface area contributed by atoms with Gasteiger partial charge in [-0.05, 0) is 28.6 Å². The lowest BCUT2D eigenvalue weighted by Crippen LogP contribution is -2.02. The molecule has 6 nitrogen and oxygen atoms in total. The molecule has 1 N–H and O–H groups in total. The highest BCUT2D eigenvalue weighted by Gasteiger charge is 2.15. The van der Waals surface area contributed by atoms with E-state index in [1.165, 1.54) is 28.8 Å². The fraction of sp³-hybridized carbons (Fsp3) is 0. The quantitative estimate of drug-likeness (QED) is 0.679. The summed E-state index contributed by atoms with van der Waals surface area (Å²) in [5, 5.41) is 20.3. The van der Waals surface area contributed by atoms with Crippen molar-refractivity contribution in [2.24, 2.45) is 0 Å². The van der Waals surface area contributed by atoms with Crippen molar-refractivity contribution < 1.29 is 14.3 Å². The van der Waals surface area contributed by atoms with Crippen LogP contribution in [-0.2, 0) is 0 Å². The Kier molecular flexibility index (Phi) is 1.82. The van der Waals surface area contributed by atoms with Crippen LogP contribution in [0.25, 0.3) is 16.6 Å². The van der Waals surface area contributed by atoms with Gasteiger partial charge in [-0.2, -0.15) is 4.52 Å². The van der Waals surface area contributed by atoms with E-state index in [0.717, 1.165) is 0 Å². The highest BCUT2D eigenvalue weighted by Crippen LogP contribution is 2.19. The number of hydrogen-bond acceptors (Lipinski definition) is 4. The first kappa shape index (κ1) is 9.64. The van der Waals surface area contributed by atoms with Gasteiger partial charge in [0.25, 0.3) is 0 Å². The number of aromatic nitrogens is 4. The molecule has 84 valence electrons. The number of fused-ring (bicyclic) bond motifs is 3. The lowest BCUT2D eigenvalue weighted by atomic mass is 10.1. The molecule has 3 aromatic rings. The highest BCUT2D eigenvalue weighted by atomic mass is 19.1. The van der Waals surface area contributed by atoms with E-state index >= 15 is 0 Å². The number of benzene rings is 1. The Morgan fingerprint density at radius 2 is 2.18 bits per heavy atom. The average molecular weight is 232 g/mol. The van der Waals surface area contributed by atoms with Crippen molar-refractivity contribution in [2.45, 2.75) is 0 Å². The summed E-state index contributed by atoms with van der Waals surface area (Å²) in [5.74, 6) is -1.56. The number of rotatable bonds is 1. The van der Waals surface area contributed by atoms with Gasteiger partial charge in [-0.15, -0.1) is 5.10 Å². The monoisotopic (exact) mass is 232 g/mol. The zero-order valence-corrected chi connectivity index (χ0v) is 8.33. The molecule has 0 saturated carbocycles. The first-order chi connectivity index (χ1) is 8.16. The third-order valence-electron chi connectivity index (χ3n) is 2.46. The number of nitrogens with zero attached hydrogens (tertiary/aromatic N) is 4. The Morgan fingerprint density at radius 1 is 1.35 bits per heavy atom. The van der Waals surface area contributed by atoms with Crippen LogP contribution in [0.3, 0.4) is 0 Å². The number of carboxylic acids is 1. The minimum absolute atomic E-state index is 0.0193. The topological polar surface area (TPSA) is 80.4 Å². The molecule has 0 aliphatic heterocycles. The van der Waals surface area contributed by atoms with Gasteiger partial charge in [0.1, 0.15) is 11.4 Å². The summed E-state index contributed by atoms with van der Waals surface area (Å²) in [6, 6.07) is 5.41. The first-order valence-electron chi connectivity index (χ1n) is 4.70. The molecule has 0 fully saturated rings. The van der Waals surface area contributed by atoms with E-state index in [2.05, 4.69) is 15.5 Å². The molecule has 0 spiro atoms. The van der Waals surface area contributed by atoms with E-state index in [9.17, 15) is 9.18 Å². The smallest absolute Gasteiger partial charge is 0.339 e. The number of halogens is 1. The van der Waals surface area contributed by atoms with Crippen LogP contribution in [0.4, 0.5) is 4.39 Å². The molecule has 0 radical (unpaired) electrons. The van der Waals surface area contributed by atoms with Crippen LogP contribution < -0.4 is 0 Å². The van der Waals surface area contributed by atoms with Crippen molar-refractivity contribution >= 4 is 22.5 Å². The maximum atomic E-state index is 13.1. The van der Waals surface area contributed by atoms with Gasteiger partial charge >= 0.3 is 5.97 Å². The van der Waals surface area contributed by atoms with Gasteiger partial charge in [0, 0.05) is 11.5 Å². The van der Waals surface area contributed by atoms with Crippen molar-refractivity contribution in [3.05, 3.63) is 35.6 Å². The van der Waals surface area contributed by atoms with E-state index in [0.29, 0.717) is 10.9 Å². The Hall–Kier alpha value is -2.57. The van der Waals surface area contributed by atoms with Gasteiger partial charge in [-0.3, -0.25) is 0 Å². The summed E-state index contributed by atoms with van der Waals surface area (Å²) in [4.78, 5) is 11.0.